The minimum Gasteiger partial charge on any atom is -0.487 e. The van der Waals surface area contributed by atoms with Crippen LogP contribution in [0.4, 0.5) is 0 Å². The normalized spacial score (nSPS) is 11.8. The number of H-pyrrole nitrogens is 1. The second-order valence-electron chi connectivity index (χ2n) is 6.44. The second kappa shape index (κ2) is 7.87. The summed E-state index contributed by atoms with van der Waals surface area (Å²) in [5.74, 6) is 0.566. The molecule has 2 N–H and O–H groups in total. The third kappa shape index (κ3) is 4.30. The summed E-state index contributed by atoms with van der Waals surface area (Å²) in [6.45, 7) is 6.42. The number of nitrogens with one attached hydrogen (secondary N) is 2. The van der Waals surface area contributed by atoms with Crippen LogP contribution < -0.4 is 10.1 Å². The van der Waals surface area contributed by atoms with Crippen LogP contribution in [0.3, 0.4) is 0 Å². The molecule has 1 atom stereocenters. The van der Waals surface area contributed by atoms with E-state index >= 15 is 0 Å². The summed E-state index contributed by atoms with van der Waals surface area (Å²) < 4.78 is 5.66. The Morgan fingerprint density at radius 3 is 2.65 bits per heavy atom. The molecule has 5 nitrogen and oxygen atoms in total. The second-order valence-corrected chi connectivity index (χ2v) is 6.44. The number of aromatic amines is 1. The van der Waals surface area contributed by atoms with Gasteiger partial charge in [0.25, 0.3) is 5.91 Å². The lowest BCUT2D eigenvalue weighted by molar-refractivity contribution is 0.0934. The fourth-order valence-corrected chi connectivity index (χ4v) is 2.89. The summed E-state index contributed by atoms with van der Waals surface area (Å²) in [6.07, 6.45) is 0. The van der Waals surface area contributed by atoms with E-state index in [4.69, 9.17) is 4.74 Å². The molecule has 0 fully saturated rings. The highest BCUT2D eigenvalue weighted by molar-refractivity contribution is 5.92. The molecule has 3 rings (SSSR count). The van der Waals surface area contributed by atoms with Crippen LogP contribution in [0.1, 0.15) is 45.8 Å². The lowest BCUT2D eigenvalue weighted by atomic mass is 10.0. The topological polar surface area (TPSA) is 67.0 Å². The van der Waals surface area contributed by atoms with E-state index in [-0.39, 0.29) is 11.9 Å². The minimum absolute atomic E-state index is 0.0937. The molecule has 0 radical (unpaired) electrons. The van der Waals surface area contributed by atoms with Gasteiger partial charge in [0.15, 0.2) is 0 Å². The molecule has 134 valence electrons. The van der Waals surface area contributed by atoms with Gasteiger partial charge in [0, 0.05) is 0 Å². The van der Waals surface area contributed by atoms with Crippen LogP contribution in [0.2, 0.25) is 0 Å². The molecule has 0 aliphatic heterocycles. The molecule has 1 unspecified atom stereocenters. The zero-order chi connectivity index (χ0) is 18.5. The standard InChI is InChI=1S/C21H23N3O2/c1-14-9-10-19(15(2)11-14)16(3)22-21(25)20-12-17(23-24-20)13-26-18-7-5-4-6-8-18/h4-12,16H,13H2,1-3H3,(H,22,25)(H,23,24). The molecule has 5 heteroatoms. The Hall–Kier alpha value is -3.08. The summed E-state index contributed by atoms with van der Waals surface area (Å²) in [7, 11) is 0. The fourth-order valence-electron chi connectivity index (χ4n) is 2.89. The molecule has 0 bridgehead atoms. The van der Waals surface area contributed by atoms with E-state index in [1.807, 2.05) is 37.3 Å². The van der Waals surface area contributed by atoms with Gasteiger partial charge in [0.1, 0.15) is 18.1 Å². The van der Waals surface area contributed by atoms with Gasteiger partial charge in [-0.3, -0.25) is 9.89 Å². The van der Waals surface area contributed by atoms with Gasteiger partial charge in [-0.25, -0.2) is 0 Å². The maximum Gasteiger partial charge on any atom is 0.272 e. The summed E-state index contributed by atoms with van der Waals surface area (Å²) >= 11 is 0. The number of amides is 1. The molecule has 0 aliphatic carbocycles. The van der Waals surface area contributed by atoms with E-state index in [1.165, 1.54) is 5.56 Å². The van der Waals surface area contributed by atoms with Gasteiger partial charge in [-0.15, -0.1) is 0 Å². The number of carbonyl (C=O) groups excluding carboxylic acids is 1. The molecule has 0 aliphatic rings. The average molecular weight is 349 g/mol. The SMILES string of the molecule is Cc1ccc(C(C)NC(=O)c2cc(COc3ccccc3)[nH]n2)c(C)c1. The van der Waals surface area contributed by atoms with Crippen molar-refractivity contribution in [2.45, 2.75) is 33.4 Å². The van der Waals surface area contributed by atoms with Crippen LogP contribution in [-0.4, -0.2) is 16.1 Å². The Balaban J connectivity index is 1.60. The maximum atomic E-state index is 12.5. The molecule has 26 heavy (non-hydrogen) atoms. The van der Waals surface area contributed by atoms with Gasteiger partial charge in [-0.05, 0) is 50.1 Å². The fraction of sp³-hybridized carbons (Fsp3) is 0.238. The maximum absolute atomic E-state index is 12.5. The molecule has 0 spiro atoms. The van der Waals surface area contributed by atoms with Crippen molar-refractivity contribution < 1.29 is 9.53 Å². The molecule has 1 aromatic heterocycles. The number of hydrogen-bond donors (Lipinski definition) is 2. The first-order chi connectivity index (χ1) is 12.5. The van der Waals surface area contributed by atoms with Crippen LogP contribution in [-0.2, 0) is 6.61 Å². The third-order valence-corrected chi connectivity index (χ3v) is 4.24. The monoisotopic (exact) mass is 349 g/mol. The number of benzene rings is 2. The quantitative estimate of drug-likeness (QED) is 0.704. The first kappa shape index (κ1) is 17.7. The molecule has 3 aromatic rings. The van der Waals surface area contributed by atoms with Crippen molar-refractivity contribution in [2.75, 3.05) is 0 Å². The van der Waals surface area contributed by atoms with Crippen molar-refractivity contribution >= 4 is 5.91 Å². The lowest BCUT2D eigenvalue weighted by Crippen LogP contribution is -2.27. The van der Waals surface area contributed by atoms with Gasteiger partial charge in [0.2, 0.25) is 0 Å². The lowest BCUT2D eigenvalue weighted by Gasteiger charge is -2.16. The number of rotatable bonds is 6. The van der Waals surface area contributed by atoms with Crippen molar-refractivity contribution in [1.29, 1.82) is 0 Å². The Morgan fingerprint density at radius 1 is 1.15 bits per heavy atom. The summed E-state index contributed by atoms with van der Waals surface area (Å²) in [4.78, 5) is 12.5. The zero-order valence-electron chi connectivity index (χ0n) is 15.2. The molecule has 0 saturated carbocycles. The van der Waals surface area contributed by atoms with Crippen molar-refractivity contribution in [3.63, 3.8) is 0 Å². The number of hydrogen-bond acceptors (Lipinski definition) is 3. The molecule has 1 amide bonds. The summed E-state index contributed by atoms with van der Waals surface area (Å²) in [5, 5.41) is 9.95. The molecule has 2 aromatic carbocycles. The van der Waals surface area contributed by atoms with E-state index < -0.39 is 0 Å². The summed E-state index contributed by atoms with van der Waals surface area (Å²) in [5.41, 5.74) is 4.58. The smallest absolute Gasteiger partial charge is 0.272 e. The largest absolute Gasteiger partial charge is 0.487 e. The van der Waals surface area contributed by atoms with Crippen molar-refractivity contribution in [3.05, 3.63) is 82.7 Å². The van der Waals surface area contributed by atoms with E-state index in [0.717, 1.165) is 22.6 Å². The summed E-state index contributed by atoms with van der Waals surface area (Å²) in [6, 6.07) is 17.4. The van der Waals surface area contributed by atoms with Gasteiger partial charge < -0.3 is 10.1 Å². The predicted octanol–water partition coefficient (Wildman–Crippen LogP) is 4.10. The highest BCUT2D eigenvalue weighted by Crippen LogP contribution is 2.19. The number of carbonyl (C=O) groups is 1. The Labute approximate surface area is 153 Å². The molecule has 0 saturated heterocycles. The molecular weight excluding hydrogens is 326 g/mol. The van der Waals surface area contributed by atoms with Crippen molar-refractivity contribution in [2.24, 2.45) is 0 Å². The molecular formula is C21H23N3O2. The van der Waals surface area contributed by atoms with Gasteiger partial charge >= 0.3 is 0 Å². The number of ether oxygens (including phenoxy) is 1. The molecule has 1 heterocycles. The van der Waals surface area contributed by atoms with E-state index in [1.54, 1.807) is 6.07 Å². The van der Waals surface area contributed by atoms with E-state index in [2.05, 4.69) is 47.6 Å². The third-order valence-electron chi connectivity index (χ3n) is 4.24. The highest BCUT2D eigenvalue weighted by Gasteiger charge is 2.16. The van der Waals surface area contributed by atoms with E-state index in [9.17, 15) is 4.79 Å². The Morgan fingerprint density at radius 2 is 1.92 bits per heavy atom. The average Bonchev–Trinajstić information content (AvgIpc) is 3.10. The first-order valence-corrected chi connectivity index (χ1v) is 8.63. The predicted molar refractivity (Wildman–Crippen MR) is 101 cm³/mol. The van der Waals surface area contributed by atoms with Crippen LogP contribution in [0.15, 0.2) is 54.6 Å². The van der Waals surface area contributed by atoms with E-state index in [0.29, 0.717) is 12.3 Å². The zero-order valence-corrected chi connectivity index (χ0v) is 15.2. The van der Waals surface area contributed by atoms with Crippen molar-refractivity contribution in [3.8, 4) is 5.75 Å². The van der Waals surface area contributed by atoms with Gasteiger partial charge in [-0.1, -0.05) is 42.0 Å². The number of nitrogens with zero attached hydrogens (tertiary/aromatic N) is 1. The van der Waals surface area contributed by atoms with Crippen LogP contribution in [0.5, 0.6) is 5.75 Å². The number of aromatic nitrogens is 2. The van der Waals surface area contributed by atoms with Gasteiger partial charge in [0.05, 0.1) is 11.7 Å². The number of aryl methyl sites for hydroxylation is 2. The highest BCUT2D eigenvalue weighted by atomic mass is 16.5. The van der Waals surface area contributed by atoms with Crippen LogP contribution in [0, 0.1) is 13.8 Å². The van der Waals surface area contributed by atoms with Crippen LogP contribution >= 0.6 is 0 Å². The first-order valence-electron chi connectivity index (χ1n) is 8.63. The van der Waals surface area contributed by atoms with Gasteiger partial charge in [-0.2, -0.15) is 5.10 Å². The van der Waals surface area contributed by atoms with Crippen molar-refractivity contribution in [1.82, 2.24) is 15.5 Å². The minimum atomic E-state index is -0.209. The number of para-hydroxylation sites is 1. The van der Waals surface area contributed by atoms with Crippen LogP contribution in [0.25, 0.3) is 0 Å². The Bertz CT molecular complexity index is 887. The Kier molecular flexibility index (Phi) is 5.37.